The van der Waals surface area contributed by atoms with Crippen molar-refractivity contribution in [2.24, 2.45) is 5.41 Å². The molecular weight excluding hydrogens is 344 g/mol. The standard InChI is InChI=1S/C25H30N2O/c28-23(21-8-3-1-4-9-21)26-19-16-24(20-26)12-14-25(15-13-24,27-17-7-18-27)22-10-5-2-6-11-22/h1-6,8-11H,7,12-20H2. The summed E-state index contributed by atoms with van der Waals surface area (Å²) < 4.78 is 0. The van der Waals surface area contributed by atoms with E-state index in [1.807, 2.05) is 30.3 Å². The van der Waals surface area contributed by atoms with Crippen molar-refractivity contribution in [3.8, 4) is 0 Å². The second kappa shape index (κ2) is 7.04. The summed E-state index contributed by atoms with van der Waals surface area (Å²) in [5, 5.41) is 0. The fourth-order valence-electron chi connectivity index (χ4n) is 5.75. The van der Waals surface area contributed by atoms with Crippen LogP contribution in [-0.4, -0.2) is 41.9 Å². The Balaban J connectivity index is 1.32. The van der Waals surface area contributed by atoms with E-state index >= 15 is 0 Å². The number of rotatable bonds is 3. The molecular formula is C25H30N2O. The molecule has 0 radical (unpaired) electrons. The van der Waals surface area contributed by atoms with Crippen LogP contribution in [0.2, 0.25) is 0 Å². The van der Waals surface area contributed by atoms with Crippen LogP contribution in [0, 0.1) is 5.41 Å². The van der Waals surface area contributed by atoms with Crippen LogP contribution < -0.4 is 0 Å². The first kappa shape index (κ1) is 17.9. The van der Waals surface area contributed by atoms with Gasteiger partial charge in [-0.1, -0.05) is 48.5 Å². The molecule has 0 bridgehead atoms. The molecule has 2 aliphatic heterocycles. The first-order chi connectivity index (χ1) is 13.7. The maximum atomic E-state index is 12.9. The van der Waals surface area contributed by atoms with Crippen molar-refractivity contribution in [1.82, 2.24) is 9.80 Å². The molecule has 146 valence electrons. The number of carbonyl (C=O) groups is 1. The van der Waals surface area contributed by atoms with Crippen LogP contribution in [0.4, 0.5) is 0 Å². The van der Waals surface area contributed by atoms with Crippen LogP contribution in [-0.2, 0) is 5.54 Å². The molecule has 28 heavy (non-hydrogen) atoms. The molecule has 2 aromatic carbocycles. The van der Waals surface area contributed by atoms with Gasteiger partial charge < -0.3 is 4.90 Å². The summed E-state index contributed by atoms with van der Waals surface area (Å²) in [6.07, 6.45) is 7.41. The topological polar surface area (TPSA) is 23.6 Å². The van der Waals surface area contributed by atoms with E-state index in [1.54, 1.807) is 0 Å². The molecule has 2 heterocycles. The third kappa shape index (κ3) is 2.97. The van der Waals surface area contributed by atoms with Crippen molar-refractivity contribution in [2.75, 3.05) is 26.2 Å². The summed E-state index contributed by atoms with van der Waals surface area (Å²) in [6, 6.07) is 20.9. The monoisotopic (exact) mass is 374 g/mol. The SMILES string of the molecule is O=C(c1ccccc1)N1CCC2(CCC(c3ccccc3)(N3CCC3)CC2)C1. The normalized spacial score (nSPS) is 30.4. The van der Waals surface area contributed by atoms with Crippen molar-refractivity contribution in [1.29, 1.82) is 0 Å². The Bertz CT molecular complexity index is 820. The molecule has 1 aliphatic carbocycles. The predicted molar refractivity (Wildman–Crippen MR) is 112 cm³/mol. The lowest BCUT2D eigenvalue weighted by molar-refractivity contribution is -0.0313. The highest BCUT2D eigenvalue weighted by atomic mass is 16.2. The fourth-order valence-corrected chi connectivity index (χ4v) is 5.75. The Morgan fingerprint density at radius 1 is 0.750 bits per heavy atom. The van der Waals surface area contributed by atoms with E-state index in [0.717, 1.165) is 25.1 Å². The van der Waals surface area contributed by atoms with E-state index in [0.29, 0.717) is 5.41 Å². The van der Waals surface area contributed by atoms with Crippen LogP contribution in [0.25, 0.3) is 0 Å². The number of likely N-dealkylation sites (tertiary alicyclic amines) is 2. The Kier molecular flexibility index (Phi) is 4.51. The first-order valence-electron chi connectivity index (χ1n) is 10.9. The highest BCUT2D eigenvalue weighted by Crippen LogP contribution is 2.53. The third-order valence-electron chi connectivity index (χ3n) is 7.66. The summed E-state index contributed by atoms with van der Waals surface area (Å²) in [5.74, 6) is 0.208. The minimum Gasteiger partial charge on any atom is -0.338 e. The lowest BCUT2D eigenvalue weighted by atomic mass is 9.63. The van der Waals surface area contributed by atoms with Crippen molar-refractivity contribution in [3.63, 3.8) is 0 Å². The average Bonchev–Trinajstić information content (AvgIpc) is 3.13. The minimum atomic E-state index is 0.208. The molecule has 2 aromatic rings. The van der Waals surface area contributed by atoms with Crippen LogP contribution in [0.1, 0.15) is 54.4 Å². The average molecular weight is 375 g/mol. The van der Waals surface area contributed by atoms with E-state index in [1.165, 1.54) is 50.8 Å². The number of amides is 1. The van der Waals surface area contributed by atoms with Gasteiger partial charge in [0, 0.05) is 37.3 Å². The Hall–Kier alpha value is -2.13. The second-order valence-corrected chi connectivity index (χ2v) is 9.08. The smallest absolute Gasteiger partial charge is 0.253 e. The summed E-state index contributed by atoms with van der Waals surface area (Å²) in [6.45, 7) is 4.32. The molecule has 3 aliphatic rings. The minimum absolute atomic E-state index is 0.208. The summed E-state index contributed by atoms with van der Waals surface area (Å²) in [5.41, 5.74) is 2.88. The summed E-state index contributed by atoms with van der Waals surface area (Å²) >= 11 is 0. The van der Waals surface area contributed by atoms with Crippen LogP contribution in [0.3, 0.4) is 0 Å². The number of carbonyl (C=O) groups excluding carboxylic acids is 1. The number of hydrogen-bond acceptors (Lipinski definition) is 2. The van der Waals surface area contributed by atoms with E-state index in [4.69, 9.17) is 0 Å². The van der Waals surface area contributed by atoms with Gasteiger partial charge in [0.25, 0.3) is 5.91 Å². The van der Waals surface area contributed by atoms with Gasteiger partial charge in [-0.15, -0.1) is 0 Å². The second-order valence-electron chi connectivity index (χ2n) is 9.08. The summed E-state index contributed by atoms with van der Waals surface area (Å²) in [4.78, 5) is 17.7. The maximum absolute atomic E-state index is 12.9. The van der Waals surface area contributed by atoms with Crippen LogP contribution in [0.15, 0.2) is 60.7 Å². The van der Waals surface area contributed by atoms with Crippen molar-refractivity contribution >= 4 is 5.91 Å². The van der Waals surface area contributed by atoms with Gasteiger partial charge in [-0.2, -0.15) is 0 Å². The number of benzene rings is 2. The Morgan fingerprint density at radius 2 is 1.39 bits per heavy atom. The molecule has 1 amide bonds. The number of hydrogen-bond donors (Lipinski definition) is 0. The van der Waals surface area contributed by atoms with Crippen molar-refractivity contribution in [3.05, 3.63) is 71.8 Å². The third-order valence-corrected chi connectivity index (χ3v) is 7.66. The molecule has 5 rings (SSSR count). The summed E-state index contributed by atoms with van der Waals surface area (Å²) in [7, 11) is 0. The van der Waals surface area contributed by atoms with Crippen LogP contribution >= 0.6 is 0 Å². The van der Waals surface area contributed by atoms with Crippen molar-refractivity contribution in [2.45, 2.75) is 44.1 Å². The zero-order chi connectivity index (χ0) is 19.0. The van der Waals surface area contributed by atoms with Gasteiger partial charge in [-0.05, 0) is 61.6 Å². The fraction of sp³-hybridized carbons (Fsp3) is 0.480. The molecule has 3 fully saturated rings. The molecule has 2 saturated heterocycles. The zero-order valence-electron chi connectivity index (χ0n) is 16.6. The quantitative estimate of drug-likeness (QED) is 0.778. The number of nitrogens with zero attached hydrogens (tertiary/aromatic N) is 2. The van der Waals surface area contributed by atoms with E-state index in [9.17, 15) is 4.79 Å². The van der Waals surface area contributed by atoms with Crippen LogP contribution in [0.5, 0.6) is 0 Å². The maximum Gasteiger partial charge on any atom is 0.253 e. The van der Waals surface area contributed by atoms with E-state index in [2.05, 4.69) is 40.1 Å². The molecule has 0 unspecified atom stereocenters. The van der Waals surface area contributed by atoms with Gasteiger partial charge in [0.15, 0.2) is 0 Å². The molecule has 3 nitrogen and oxygen atoms in total. The molecule has 1 saturated carbocycles. The lowest BCUT2D eigenvalue weighted by Gasteiger charge is -2.54. The lowest BCUT2D eigenvalue weighted by Crippen LogP contribution is -2.56. The molecule has 1 spiro atoms. The van der Waals surface area contributed by atoms with Crippen molar-refractivity contribution < 1.29 is 4.79 Å². The predicted octanol–water partition coefficient (Wildman–Crippen LogP) is 4.69. The van der Waals surface area contributed by atoms with Gasteiger partial charge in [0.05, 0.1) is 0 Å². The highest BCUT2D eigenvalue weighted by Gasteiger charge is 2.50. The van der Waals surface area contributed by atoms with Gasteiger partial charge in [0.2, 0.25) is 0 Å². The Labute approximate surface area is 168 Å². The molecule has 3 heteroatoms. The van der Waals surface area contributed by atoms with E-state index < -0.39 is 0 Å². The zero-order valence-corrected chi connectivity index (χ0v) is 16.6. The van der Waals surface area contributed by atoms with Gasteiger partial charge >= 0.3 is 0 Å². The largest absolute Gasteiger partial charge is 0.338 e. The molecule has 0 aromatic heterocycles. The van der Waals surface area contributed by atoms with Gasteiger partial charge in [0.1, 0.15) is 0 Å². The first-order valence-corrected chi connectivity index (χ1v) is 10.9. The Morgan fingerprint density at radius 3 is 2.00 bits per heavy atom. The molecule has 0 atom stereocenters. The highest BCUT2D eigenvalue weighted by molar-refractivity contribution is 5.94. The molecule has 0 N–H and O–H groups in total. The van der Waals surface area contributed by atoms with E-state index in [-0.39, 0.29) is 11.4 Å². The van der Waals surface area contributed by atoms with Gasteiger partial charge in [-0.3, -0.25) is 9.69 Å². The van der Waals surface area contributed by atoms with Gasteiger partial charge in [-0.25, -0.2) is 0 Å².